The Balaban J connectivity index is 2.56. The van der Waals surface area contributed by atoms with Crippen molar-refractivity contribution in [1.82, 2.24) is 5.32 Å². The Morgan fingerprint density at radius 3 is 2.44 bits per heavy atom. The van der Waals surface area contributed by atoms with Crippen LogP contribution in [0.4, 0.5) is 22.4 Å². The molecule has 5 nitrogen and oxygen atoms in total. The van der Waals surface area contributed by atoms with E-state index in [0.29, 0.717) is 0 Å². The summed E-state index contributed by atoms with van der Waals surface area (Å²) in [5.41, 5.74) is -3.10. The summed E-state index contributed by atoms with van der Waals surface area (Å²) in [5, 5.41) is 12.3. The van der Waals surface area contributed by atoms with E-state index in [9.17, 15) is 27.5 Å². The van der Waals surface area contributed by atoms with Crippen molar-refractivity contribution in [1.29, 1.82) is 0 Å². The van der Waals surface area contributed by atoms with E-state index in [1.807, 2.05) is 0 Å². The molecule has 0 saturated carbocycles. The van der Waals surface area contributed by atoms with Crippen molar-refractivity contribution in [3.05, 3.63) is 35.6 Å². The quantitative estimate of drug-likeness (QED) is 0.772. The minimum absolute atomic E-state index is 0.214. The molecule has 1 saturated heterocycles. The monoisotopic (exact) mass is 393 g/mol. The zero-order chi connectivity index (χ0) is 20.6. The molecule has 1 aliphatic rings. The van der Waals surface area contributed by atoms with Crippen molar-refractivity contribution in [2.75, 3.05) is 6.61 Å². The number of alkyl carbamates (subject to hydrolysis) is 1. The highest BCUT2D eigenvalue weighted by Crippen LogP contribution is 2.46. The summed E-state index contributed by atoms with van der Waals surface area (Å²) < 4.78 is 64.9. The van der Waals surface area contributed by atoms with Gasteiger partial charge in [-0.3, -0.25) is 0 Å². The van der Waals surface area contributed by atoms with E-state index in [2.05, 4.69) is 5.32 Å². The van der Waals surface area contributed by atoms with Crippen LogP contribution in [0.3, 0.4) is 0 Å². The van der Waals surface area contributed by atoms with Gasteiger partial charge in [0, 0.05) is 11.5 Å². The Kier molecular flexibility index (Phi) is 5.77. The fourth-order valence-electron chi connectivity index (χ4n) is 3.35. The molecule has 0 aliphatic carbocycles. The van der Waals surface area contributed by atoms with Crippen LogP contribution in [0.25, 0.3) is 0 Å². The number of carbonyl (C=O) groups excluding carboxylic acids is 1. The molecule has 0 radical (unpaired) electrons. The first kappa shape index (κ1) is 21.4. The maximum absolute atomic E-state index is 14.5. The fraction of sp³-hybridized carbons (Fsp3) is 0.611. The minimum atomic E-state index is -4.99. The van der Waals surface area contributed by atoms with Crippen molar-refractivity contribution in [3.63, 3.8) is 0 Å². The fourth-order valence-corrected chi connectivity index (χ4v) is 3.35. The Hall–Kier alpha value is -1.87. The Labute approximate surface area is 154 Å². The molecule has 27 heavy (non-hydrogen) atoms. The molecule has 1 aromatic carbocycles. The van der Waals surface area contributed by atoms with Crippen LogP contribution in [-0.4, -0.2) is 41.8 Å². The van der Waals surface area contributed by atoms with Crippen LogP contribution < -0.4 is 5.32 Å². The summed E-state index contributed by atoms with van der Waals surface area (Å²) in [6.45, 7) is 5.62. The molecule has 0 spiro atoms. The van der Waals surface area contributed by atoms with Crippen molar-refractivity contribution in [2.45, 2.75) is 57.2 Å². The van der Waals surface area contributed by atoms with Crippen molar-refractivity contribution >= 4 is 6.09 Å². The van der Waals surface area contributed by atoms with Gasteiger partial charge in [0.2, 0.25) is 0 Å². The molecular formula is C18H23F4NO4. The number of halogens is 4. The van der Waals surface area contributed by atoms with Gasteiger partial charge in [0.15, 0.2) is 6.10 Å². The third kappa shape index (κ3) is 4.52. The van der Waals surface area contributed by atoms with Crippen LogP contribution in [0.2, 0.25) is 0 Å². The number of aliphatic hydroxyl groups is 1. The molecular weight excluding hydrogens is 370 g/mol. The molecule has 1 amide bonds. The number of hydrogen-bond donors (Lipinski definition) is 2. The van der Waals surface area contributed by atoms with E-state index in [4.69, 9.17) is 9.47 Å². The molecule has 2 rings (SSSR count). The molecule has 1 heterocycles. The summed E-state index contributed by atoms with van der Waals surface area (Å²) in [4.78, 5) is 12.4. The number of amides is 1. The molecule has 0 bridgehead atoms. The molecule has 0 unspecified atom stereocenters. The van der Waals surface area contributed by atoms with E-state index >= 15 is 0 Å². The summed E-state index contributed by atoms with van der Waals surface area (Å²) in [7, 11) is 0. The second-order valence-electron chi connectivity index (χ2n) is 7.61. The molecule has 2 N–H and O–H groups in total. The maximum Gasteiger partial charge on any atom is 0.414 e. The Morgan fingerprint density at radius 2 is 1.93 bits per heavy atom. The predicted molar refractivity (Wildman–Crippen MR) is 88.4 cm³/mol. The number of carbonyl (C=O) groups is 1. The van der Waals surface area contributed by atoms with Gasteiger partial charge in [0.1, 0.15) is 17.0 Å². The molecule has 1 fully saturated rings. The third-order valence-electron chi connectivity index (χ3n) is 4.40. The van der Waals surface area contributed by atoms with Crippen LogP contribution in [0.15, 0.2) is 24.3 Å². The predicted octanol–water partition coefficient (Wildman–Crippen LogP) is 3.50. The lowest BCUT2D eigenvalue weighted by Gasteiger charge is -2.39. The lowest BCUT2D eigenvalue weighted by molar-refractivity contribution is -0.228. The molecule has 1 aromatic rings. The van der Waals surface area contributed by atoms with Crippen molar-refractivity contribution in [3.8, 4) is 0 Å². The molecule has 1 aliphatic heterocycles. The maximum atomic E-state index is 14.5. The molecule has 4 atom stereocenters. The van der Waals surface area contributed by atoms with Gasteiger partial charge >= 0.3 is 12.3 Å². The van der Waals surface area contributed by atoms with Gasteiger partial charge in [-0.1, -0.05) is 18.2 Å². The van der Waals surface area contributed by atoms with E-state index in [-0.39, 0.29) is 5.56 Å². The number of rotatable bonds is 3. The SMILES string of the molecule is C[C@H]1OC[C@@](NC(=O)OC(C)(C)C)(c2ccccc2F)[C@@H]1[C@@H](O)C(F)(F)F. The van der Waals surface area contributed by atoms with Crippen LogP contribution in [0.5, 0.6) is 0 Å². The van der Waals surface area contributed by atoms with E-state index < -0.39 is 54.0 Å². The van der Waals surface area contributed by atoms with Gasteiger partial charge in [0.25, 0.3) is 0 Å². The lowest BCUT2D eigenvalue weighted by atomic mass is 9.74. The number of ether oxygens (including phenoxy) is 2. The minimum Gasteiger partial charge on any atom is -0.444 e. The van der Waals surface area contributed by atoms with Gasteiger partial charge in [-0.2, -0.15) is 13.2 Å². The van der Waals surface area contributed by atoms with Crippen LogP contribution in [0, 0.1) is 11.7 Å². The summed E-state index contributed by atoms with van der Waals surface area (Å²) in [5.74, 6) is -2.51. The molecule has 9 heteroatoms. The standard InChI is InChI=1S/C18H23F4NO4/c1-10-13(14(24)18(20,21)22)17(9-26-10,11-7-5-6-8-12(11)19)23-15(25)27-16(2,3)4/h5-8,10,13-14,24H,9H2,1-4H3,(H,23,25)/t10-,13+,14-,17-/m1/s1. The number of alkyl halides is 3. The largest absolute Gasteiger partial charge is 0.444 e. The number of benzene rings is 1. The van der Waals surface area contributed by atoms with Crippen LogP contribution in [-0.2, 0) is 15.0 Å². The number of hydrogen-bond acceptors (Lipinski definition) is 4. The molecule has 0 aromatic heterocycles. The second kappa shape index (κ2) is 7.27. The van der Waals surface area contributed by atoms with E-state index in [1.54, 1.807) is 20.8 Å². The van der Waals surface area contributed by atoms with Gasteiger partial charge in [-0.25, -0.2) is 9.18 Å². The Bertz CT molecular complexity index is 689. The average Bonchev–Trinajstić information content (AvgIpc) is 2.81. The first-order chi connectivity index (χ1) is 12.3. The first-order valence-electron chi connectivity index (χ1n) is 8.40. The van der Waals surface area contributed by atoms with E-state index in [1.165, 1.54) is 25.1 Å². The second-order valence-corrected chi connectivity index (χ2v) is 7.61. The number of aliphatic hydroxyl groups excluding tert-OH is 1. The smallest absolute Gasteiger partial charge is 0.414 e. The lowest BCUT2D eigenvalue weighted by Crippen LogP contribution is -2.58. The van der Waals surface area contributed by atoms with Gasteiger partial charge < -0.3 is 19.9 Å². The topological polar surface area (TPSA) is 67.8 Å². The van der Waals surface area contributed by atoms with Crippen LogP contribution >= 0.6 is 0 Å². The molecule has 152 valence electrons. The van der Waals surface area contributed by atoms with Crippen molar-refractivity contribution < 1.29 is 36.9 Å². The van der Waals surface area contributed by atoms with Gasteiger partial charge in [0.05, 0.1) is 12.7 Å². The summed E-state index contributed by atoms with van der Waals surface area (Å²) in [6.07, 6.45) is -9.97. The first-order valence-corrected chi connectivity index (χ1v) is 8.40. The zero-order valence-electron chi connectivity index (χ0n) is 15.4. The highest BCUT2D eigenvalue weighted by atomic mass is 19.4. The highest BCUT2D eigenvalue weighted by molar-refractivity contribution is 5.69. The third-order valence-corrected chi connectivity index (χ3v) is 4.40. The van der Waals surface area contributed by atoms with Crippen molar-refractivity contribution in [2.24, 2.45) is 5.92 Å². The highest BCUT2D eigenvalue weighted by Gasteiger charge is 2.60. The zero-order valence-corrected chi connectivity index (χ0v) is 15.4. The van der Waals surface area contributed by atoms with E-state index in [0.717, 1.165) is 6.07 Å². The normalized spacial score (nSPS) is 27.3. The Morgan fingerprint density at radius 1 is 1.33 bits per heavy atom. The van der Waals surface area contributed by atoms with Crippen LogP contribution in [0.1, 0.15) is 33.3 Å². The van der Waals surface area contributed by atoms with Gasteiger partial charge in [-0.05, 0) is 33.8 Å². The summed E-state index contributed by atoms with van der Waals surface area (Å²) in [6, 6.07) is 5.11. The number of nitrogens with one attached hydrogen (secondary N) is 1. The summed E-state index contributed by atoms with van der Waals surface area (Å²) >= 11 is 0. The average molecular weight is 393 g/mol. The van der Waals surface area contributed by atoms with Gasteiger partial charge in [-0.15, -0.1) is 0 Å².